The number of pyridine rings is 1. The molecule has 0 aliphatic heterocycles. The second-order valence-corrected chi connectivity index (χ2v) is 6.29. The van der Waals surface area contributed by atoms with Crippen molar-refractivity contribution in [1.82, 2.24) is 10.3 Å². The van der Waals surface area contributed by atoms with Crippen LogP contribution in [-0.2, 0) is 11.2 Å². The number of rotatable bonds is 6. The van der Waals surface area contributed by atoms with Crippen LogP contribution < -0.4 is 10.9 Å². The average Bonchev–Trinajstić information content (AvgIpc) is 2.60. The quantitative estimate of drug-likeness (QED) is 0.850. The number of carbonyl (C=O) groups excluding carboxylic acids is 1. The lowest BCUT2D eigenvalue weighted by Gasteiger charge is -2.14. The topological polar surface area (TPSA) is 85.8 Å². The Morgan fingerprint density at radius 2 is 1.96 bits per heavy atom. The molecule has 1 heterocycles. The predicted octanol–water partition coefficient (Wildman–Crippen LogP) is 2.72. The number of carbonyl (C=O) groups is 1. The summed E-state index contributed by atoms with van der Waals surface area (Å²) in [5.74, 6) is 0.207. The summed E-state index contributed by atoms with van der Waals surface area (Å²) < 4.78 is 0. The molecular formula is C20H23N3O2. The van der Waals surface area contributed by atoms with Gasteiger partial charge in [0.2, 0.25) is 5.91 Å². The van der Waals surface area contributed by atoms with Crippen molar-refractivity contribution in [2.45, 2.75) is 39.5 Å². The van der Waals surface area contributed by atoms with Crippen LogP contribution in [-0.4, -0.2) is 17.4 Å². The van der Waals surface area contributed by atoms with Crippen molar-refractivity contribution in [2.24, 2.45) is 0 Å². The molecule has 5 heteroatoms. The van der Waals surface area contributed by atoms with Crippen molar-refractivity contribution in [2.75, 3.05) is 6.54 Å². The van der Waals surface area contributed by atoms with E-state index >= 15 is 0 Å². The van der Waals surface area contributed by atoms with Gasteiger partial charge in [0.1, 0.15) is 11.6 Å². The predicted molar refractivity (Wildman–Crippen MR) is 97.4 cm³/mol. The van der Waals surface area contributed by atoms with E-state index < -0.39 is 0 Å². The third-order valence-electron chi connectivity index (χ3n) is 4.50. The Morgan fingerprint density at radius 3 is 2.60 bits per heavy atom. The Bertz CT molecular complexity index is 848. The van der Waals surface area contributed by atoms with E-state index in [1.54, 1.807) is 13.8 Å². The minimum absolute atomic E-state index is 0.0358. The van der Waals surface area contributed by atoms with Gasteiger partial charge in [0.15, 0.2) is 0 Å². The lowest BCUT2D eigenvalue weighted by Crippen LogP contribution is -2.28. The van der Waals surface area contributed by atoms with Gasteiger partial charge in [-0.2, -0.15) is 5.26 Å². The molecule has 0 radical (unpaired) electrons. The molecule has 2 rings (SSSR count). The molecule has 0 spiro atoms. The number of benzene rings is 1. The third-order valence-corrected chi connectivity index (χ3v) is 4.50. The molecule has 1 amide bonds. The van der Waals surface area contributed by atoms with E-state index in [2.05, 4.69) is 17.2 Å². The minimum atomic E-state index is -0.373. The van der Waals surface area contributed by atoms with Crippen molar-refractivity contribution >= 4 is 5.91 Å². The molecule has 0 aliphatic carbocycles. The van der Waals surface area contributed by atoms with Crippen LogP contribution in [0.25, 0.3) is 0 Å². The molecule has 0 fully saturated rings. The second kappa shape index (κ2) is 8.29. The van der Waals surface area contributed by atoms with Gasteiger partial charge in [-0.1, -0.05) is 37.3 Å². The maximum Gasteiger partial charge on any atom is 0.266 e. The van der Waals surface area contributed by atoms with Gasteiger partial charge in [-0.15, -0.1) is 0 Å². The number of nitrogens with zero attached hydrogens (tertiary/aromatic N) is 1. The molecule has 2 N–H and O–H groups in total. The van der Waals surface area contributed by atoms with Crippen molar-refractivity contribution in [3.8, 4) is 6.07 Å². The van der Waals surface area contributed by atoms with E-state index in [9.17, 15) is 9.59 Å². The fourth-order valence-corrected chi connectivity index (χ4v) is 2.91. The van der Waals surface area contributed by atoms with Crippen LogP contribution in [0.15, 0.2) is 35.1 Å². The molecule has 0 bridgehead atoms. The van der Waals surface area contributed by atoms with Gasteiger partial charge >= 0.3 is 0 Å². The highest BCUT2D eigenvalue weighted by Crippen LogP contribution is 2.16. The zero-order valence-electron chi connectivity index (χ0n) is 14.8. The Kier molecular flexibility index (Phi) is 6.13. The number of aromatic amines is 1. The molecule has 5 nitrogen and oxygen atoms in total. The van der Waals surface area contributed by atoms with Crippen molar-refractivity contribution in [1.29, 1.82) is 5.26 Å². The zero-order chi connectivity index (χ0) is 18.4. The van der Waals surface area contributed by atoms with Gasteiger partial charge in [0, 0.05) is 18.7 Å². The van der Waals surface area contributed by atoms with E-state index in [0.717, 1.165) is 5.56 Å². The summed E-state index contributed by atoms with van der Waals surface area (Å²) in [7, 11) is 0. The highest BCUT2D eigenvalue weighted by Gasteiger charge is 2.14. The first-order valence-corrected chi connectivity index (χ1v) is 8.38. The summed E-state index contributed by atoms with van der Waals surface area (Å²) in [6.07, 6.45) is 0.814. The van der Waals surface area contributed by atoms with Crippen LogP contribution in [0.5, 0.6) is 0 Å². The van der Waals surface area contributed by atoms with Gasteiger partial charge < -0.3 is 10.3 Å². The standard InChI is InChI=1S/C20H23N3O2/c1-13(16-7-5-4-6-8-16)12-22-19(24)10-9-17-14(2)18(11-21)20(25)23-15(17)3/h4-8,13H,9-10,12H2,1-3H3,(H,22,24)(H,23,25)/t13-/m1/s1. The molecular weight excluding hydrogens is 314 g/mol. The largest absolute Gasteiger partial charge is 0.355 e. The van der Waals surface area contributed by atoms with Crippen LogP contribution >= 0.6 is 0 Å². The van der Waals surface area contributed by atoms with E-state index in [1.807, 2.05) is 36.4 Å². The summed E-state index contributed by atoms with van der Waals surface area (Å²) in [6.45, 7) is 6.20. The van der Waals surface area contributed by atoms with E-state index in [-0.39, 0.29) is 22.9 Å². The average molecular weight is 337 g/mol. The Balaban J connectivity index is 1.95. The molecule has 130 valence electrons. The number of amides is 1. The Morgan fingerprint density at radius 1 is 1.28 bits per heavy atom. The monoisotopic (exact) mass is 337 g/mol. The lowest BCUT2D eigenvalue weighted by molar-refractivity contribution is -0.121. The third kappa shape index (κ3) is 4.57. The van der Waals surface area contributed by atoms with Gasteiger partial charge in [0.05, 0.1) is 0 Å². The normalized spacial score (nSPS) is 11.6. The first-order valence-electron chi connectivity index (χ1n) is 8.38. The first-order chi connectivity index (χ1) is 11.9. The highest BCUT2D eigenvalue weighted by molar-refractivity contribution is 5.76. The number of nitrogens with one attached hydrogen (secondary N) is 2. The maximum absolute atomic E-state index is 12.1. The van der Waals surface area contributed by atoms with Crippen molar-refractivity contribution < 1.29 is 4.79 Å². The van der Waals surface area contributed by atoms with Gasteiger partial charge in [-0.3, -0.25) is 9.59 Å². The minimum Gasteiger partial charge on any atom is -0.355 e. The van der Waals surface area contributed by atoms with E-state index in [1.165, 1.54) is 5.56 Å². The van der Waals surface area contributed by atoms with Crippen LogP contribution in [0.4, 0.5) is 0 Å². The van der Waals surface area contributed by atoms with Crippen molar-refractivity contribution in [3.05, 3.63) is 68.6 Å². The van der Waals surface area contributed by atoms with Gasteiger partial charge in [0.25, 0.3) is 5.56 Å². The molecule has 25 heavy (non-hydrogen) atoms. The summed E-state index contributed by atoms with van der Waals surface area (Å²) in [4.78, 5) is 26.6. The molecule has 0 unspecified atom stereocenters. The maximum atomic E-state index is 12.1. The van der Waals surface area contributed by atoms with E-state index in [0.29, 0.717) is 30.6 Å². The molecule has 2 aromatic rings. The summed E-state index contributed by atoms with van der Waals surface area (Å²) in [6, 6.07) is 12.0. The number of aryl methyl sites for hydroxylation is 1. The summed E-state index contributed by atoms with van der Waals surface area (Å²) in [5, 5.41) is 12.1. The fraction of sp³-hybridized carbons (Fsp3) is 0.350. The zero-order valence-corrected chi connectivity index (χ0v) is 14.8. The lowest BCUT2D eigenvalue weighted by atomic mass is 9.98. The van der Waals surface area contributed by atoms with Gasteiger partial charge in [-0.25, -0.2) is 0 Å². The Labute approximate surface area is 147 Å². The van der Waals surface area contributed by atoms with Crippen LogP contribution in [0, 0.1) is 25.2 Å². The molecule has 0 saturated heterocycles. The number of hydrogen-bond donors (Lipinski definition) is 2. The van der Waals surface area contributed by atoms with Gasteiger partial charge in [-0.05, 0) is 42.9 Å². The fourth-order valence-electron chi connectivity index (χ4n) is 2.91. The summed E-state index contributed by atoms with van der Waals surface area (Å²) >= 11 is 0. The molecule has 1 aromatic heterocycles. The van der Waals surface area contributed by atoms with Crippen LogP contribution in [0.3, 0.4) is 0 Å². The number of nitriles is 1. The number of hydrogen-bond acceptors (Lipinski definition) is 3. The molecule has 1 aromatic carbocycles. The van der Waals surface area contributed by atoms with E-state index in [4.69, 9.17) is 5.26 Å². The molecule has 0 saturated carbocycles. The number of H-pyrrole nitrogens is 1. The first kappa shape index (κ1) is 18.5. The highest BCUT2D eigenvalue weighted by atomic mass is 16.1. The van der Waals surface area contributed by atoms with Crippen LogP contribution in [0.2, 0.25) is 0 Å². The Hall–Kier alpha value is -2.87. The SMILES string of the molecule is Cc1[nH]c(=O)c(C#N)c(C)c1CCC(=O)NC[C@@H](C)c1ccccc1. The second-order valence-electron chi connectivity index (χ2n) is 6.29. The number of aromatic nitrogens is 1. The van der Waals surface area contributed by atoms with Crippen LogP contribution in [0.1, 0.15) is 47.2 Å². The van der Waals surface area contributed by atoms with Crippen molar-refractivity contribution in [3.63, 3.8) is 0 Å². The molecule has 1 atom stereocenters. The molecule has 0 aliphatic rings. The smallest absolute Gasteiger partial charge is 0.266 e. The summed E-state index contributed by atoms with van der Waals surface area (Å²) in [5.41, 5.74) is 3.18.